The van der Waals surface area contributed by atoms with E-state index in [1.165, 1.54) is 18.7 Å². The Kier molecular flexibility index (Phi) is 5.68. The molecule has 0 aliphatic rings. The van der Waals surface area contributed by atoms with E-state index in [1.54, 1.807) is 18.2 Å². The number of hydrogen-bond acceptors (Lipinski definition) is 5. The molecule has 0 fully saturated rings. The first-order chi connectivity index (χ1) is 14.9. The summed E-state index contributed by atoms with van der Waals surface area (Å²) in [5.74, 6) is -2.62. The number of hydrogen-bond donors (Lipinski definition) is 1. The lowest BCUT2D eigenvalue weighted by atomic mass is 10.1. The third-order valence-electron chi connectivity index (χ3n) is 4.59. The van der Waals surface area contributed by atoms with E-state index in [2.05, 4.69) is 20.3 Å². The summed E-state index contributed by atoms with van der Waals surface area (Å²) in [6.07, 6.45) is 3.75. The van der Waals surface area contributed by atoms with Gasteiger partial charge in [-0.2, -0.15) is 0 Å². The number of aromatic nitrogens is 4. The summed E-state index contributed by atoms with van der Waals surface area (Å²) in [6, 6.07) is 8.60. The molecular formula is C21H14ClF2N5O2. The van der Waals surface area contributed by atoms with Gasteiger partial charge in [-0.05, 0) is 35.4 Å². The number of benzene rings is 2. The predicted octanol–water partition coefficient (Wildman–Crippen LogP) is 3.10. The summed E-state index contributed by atoms with van der Waals surface area (Å²) in [5.41, 5.74) is 0.987. The number of halogens is 3. The van der Waals surface area contributed by atoms with Crippen LogP contribution in [0.3, 0.4) is 0 Å². The third-order valence-corrected chi connectivity index (χ3v) is 4.89. The second-order valence-corrected chi connectivity index (χ2v) is 7.05. The normalized spacial score (nSPS) is 10.9. The molecule has 0 atom stereocenters. The van der Waals surface area contributed by atoms with Crippen LogP contribution < -0.4 is 10.9 Å². The Labute approximate surface area is 179 Å². The lowest BCUT2D eigenvalue weighted by Gasteiger charge is -2.09. The van der Waals surface area contributed by atoms with Crippen LogP contribution in [0.1, 0.15) is 21.5 Å². The van der Waals surface area contributed by atoms with Gasteiger partial charge in [-0.3, -0.25) is 14.2 Å². The van der Waals surface area contributed by atoms with Crippen LogP contribution in [0, 0.1) is 11.6 Å². The molecule has 0 radical (unpaired) electrons. The molecule has 31 heavy (non-hydrogen) atoms. The minimum atomic E-state index is -1.02. The molecule has 10 heteroatoms. The van der Waals surface area contributed by atoms with E-state index in [1.807, 2.05) is 0 Å². The second-order valence-electron chi connectivity index (χ2n) is 6.69. The summed E-state index contributed by atoms with van der Waals surface area (Å²) >= 11 is 6.08. The highest BCUT2D eigenvalue weighted by Crippen LogP contribution is 2.20. The molecule has 0 saturated carbocycles. The van der Waals surface area contributed by atoms with Gasteiger partial charge in [-0.15, -0.1) is 0 Å². The molecular weight excluding hydrogens is 428 g/mol. The first-order valence-corrected chi connectivity index (χ1v) is 9.46. The SMILES string of the molecule is O=C(NCc1ccc2ncnc(Cl)c2c1)c1cncn(Cc2ccc(F)c(F)c2)c1=O. The minimum absolute atomic E-state index is 0.0622. The molecule has 2 heterocycles. The van der Waals surface area contributed by atoms with Crippen molar-refractivity contribution in [2.75, 3.05) is 0 Å². The van der Waals surface area contributed by atoms with Gasteiger partial charge in [0.25, 0.3) is 11.5 Å². The molecule has 0 spiro atoms. The van der Waals surface area contributed by atoms with Crippen LogP contribution >= 0.6 is 11.6 Å². The highest BCUT2D eigenvalue weighted by atomic mass is 35.5. The summed E-state index contributed by atoms with van der Waals surface area (Å²) in [5, 5.41) is 3.60. The average Bonchev–Trinajstić information content (AvgIpc) is 2.76. The Morgan fingerprint density at radius 1 is 1.06 bits per heavy atom. The molecule has 1 N–H and O–H groups in total. The molecule has 4 rings (SSSR count). The zero-order valence-electron chi connectivity index (χ0n) is 15.8. The number of rotatable bonds is 5. The van der Waals surface area contributed by atoms with Crippen LogP contribution in [-0.4, -0.2) is 25.4 Å². The molecule has 2 aromatic heterocycles. The van der Waals surface area contributed by atoms with E-state index in [4.69, 9.17) is 11.6 Å². The maximum atomic E-state index is 13.4. The Morgan fingerprint density at radius 3 is 2.68 bits per heavy atom. The number of carbonyl (C=O) groups is 1. The summed E-state index contributed by atoms with van der Waals surface area (Å²) < 4.78 is 27.7. The van der Waals surface area contributed by atoms with Gasteiger partial charge in [-0.1, -0.05) is 23.7 Å². The molecule has 2 aromatic carbocycles. The van der Waals surface area contributed by atoms with Gasteiger partial charge in [0.05, 0.1) is 18.4 Å². The smallest absolute Gasteiger partial charge is 0.266 e. The maximum absolute atomic E-state index is 13.4. The van der Waals surface area contributed by atoms with Gasteiger partial charge in [0.2, 0.25) is 0 Å². The number of amides is 1. The largest absolute Gasteiger partial charge is 0.348 e. The Bertz CT molecular complexity index is 1360. The van der Waals surface area contributed by atoms with Gasteiger partial charge in [0, 0.05) is 18.1 Å². The van der Waals surface area contributed by atoms with Gasteiger partial charge in [-0.25, -0.2) is 23.7 Å². The molecule has 1 amide bonds. The summed E-state index contributed by atoms with van der Waals surface area (Å²) in [7, 11) is 0. The van der Waals surface area contributed by atoms with E-state index < -0.39 is 23.1 Å². The second kappa shape index (κ2) is 8.57. The van der Waals surface area contributed by atoms with E-state index in [0.717, 1.165) is 28.5 Å². The molecule has 0 aliphatic carbocycles. The van der Waals surface area contributed by atoms with Crippen LogP contribution in [0.2, 0.25) is 5.15 Å². The van der Waals surface area contributed by atoms with E-state index in [0.29, 0.717) is 21.6 Å². The van der Waals surface area contributed by atoms with E-state index >= 15 is 0 Å². The van der Waals surface area contributed by atoms with Crippen molar-refractivity contribution in [1.82, 2.24) is 24.8 Å². The van der Waals surface area contributed by atoms with Gasteiger partial charge in [0.15, 0.2) is 11.6 Å². The fraction of sp³-hybridized carbons (Fsp3) is 0.0952. The topological polar surface area (TPSA) is 89.8 Å². The van der Waals surface area contributed by atoms with Gasteiger partial charge < -0.3 is 5.32 Å². The zero-order valence-corrected chi connectivity index (χ0v) is 16.6. The van der Waals surface area contributed by atoms with Crippen LogP contribution in [0.15, 0.2) is 60.0 Å². The van der Waals surface area contributed by atoms with Crippen molar-refractivity contribution in [1.29, 1.82) is 0 Å². The van der Waals surface area contributed by atoms with Gasteiger partial charge >= 0.3 is 0 Å². The van der Waals surface area contributed by atoms with Crippen LogP contribution in [0.25, 0.3) is 10.9 Å². The van der Waals surface area contributed by atoms with Crippen LogP contribution in [-0.2, 0) is 13.1 Å². The molecule has 156 valence electrons. The fourth-order valence-corrected chi connectivity index (χ4v) is 3.21. The van der Waals surface area contributed by atoms with Crippen molar-refractivity contribution in [3.63, 3.8) is 0 Å². The Balaban J connectivity index is 1.51. The van der Waals surface area contributed by atoms with Crippen LogP contribution in [0.5, 0.6) is 0 Å². The standard InChI is InChI=1S/C21H14ClF2N5O2/c22-19-14-5-12(2-4-18(14)27-10-28-19)7-26-20(30)15-8-25-11-29(21(15)31)9-13-1-3-16(23)17(24)6-13/h1-6,8,10-11H,7,9H2,(H,26,30). The highest BCUT2D eigenvalue weighted by Gasteiger charge is 2.14. The Hall–Kier alpha value is -3.72. The number of nitrogens with zero attached hydrogens (tertiary/aromatic N) is 4. The summed E-state index contributed by atoms with van der Waals surface area (Å²) in [4.78, 5) is 37.2. The maximum Gasteiger partial charge on any atom is 0.266 e. The molecule has 0 saturated heterocycles. The van der Waals surface area contributed by atoms with Crippen molar-refractivity contribution in [3.05, 3.63) is 99.1 Å². The van der Waals surface area contributed by atoms with Crippen LogP contribution in [0.4, 0.5) is 8.78 Å². The molecule has 4 aromatic rings. The molecule has 0 aliphatic heterocycles. The minimum Gasteiger partial charge on any atom is -0.348 e. The first-order valence-electron chi connectivity index (χ1n) is 9.08. The Morgan fingerprint density at radius 2 is 1.87 bits per heavy atom. The molecule has 7 nitrogen and oxygen atoms in total. The fourth-order valence-electron chi connectivity index (χ4n) is 3.01. The number of nitrogens with one attached hydrogen (secondary N) is 1. The molecule has 0 bridgehead atoms. The lowest BCUT2D eigenvalue weighted by Crippen LogP contribution is -2.33. The average molecular weight is 442 g/mol. The predicted molar refractivity (Wildman–Crippen MR) is 110 cm³/mol. The van der Waals surface area contributed by atoms with Crippen molar-refractivity contribution in [2.24, 2.45) is 0 Å². The van der Waals surface area contributed by atoms with Crippen molar-refractivity contribution in [2.45, 2.75) is 13.1 Å². The first kappa shape index (κ1) is 20.5. The zero-order chi connectivity index (χ0) is 22.0. The monoisotopic (exact) mass is 441 g/mol. The van der Waals surface area contributed by atoms with Crippen molar-refractivity contribution >= 4 is 28.4 Å². The van der Waals surface area contributed by atoms with Gasteiger partial charge in [0.1, 0.15) is 17.0 Å². The quantitative estimate of drug-likeness (QED) is 0.481. The number of fused-ring (bicyclic) bond motifs is 1. The highest BCUT2D eigenvalue weighted by molar-refractivity contribution is 6.34. The third kappa shape index (κ3) is 4.41. The van der Waals surface area contributed by atoms with Crippen molar-refractivity contribution in [3.8, 4) is 0 Å². The van der Waals surface area contributed by atoms with Crippen molar-refractivity contribution < 1.29 is 13.6 Å². The van der Waals surface area contributed by atoms with E-state index in [-0.39, 0.29) is 18.7 Å². The molecule has 0 unspecified atom stereocenters. The lowest BCUT2D eigenvalue weighted by molar-refractivity contribution is 0.0948. The van der Waals surface area contributed by atoms with E-state index in [9.17, 15) is 18.4 Å². The number of carbonyl (C=O) groups excluding carboxylic acids is 1. The summed E-state index contributed by atoms with van der Waals surface area (Å²) in [6.45, 7) is 0.0742.